The van der Waals surface area contributed by atoms with E-state index in [4.69, 9.17) is 9.97 Å². The number of amides is 1. The fourth-order valence-corrected chi connectivity index (χ4v) is 4.85. The van der Waals surface area contributed by atoms with Crippen LogP contribution >= 0.6 is 0 Å². The number of nitrogens with one attached hydrogen (secondary N) is 1. The third kappa shape index (κ3) is 4.18. The second kappa shape index (κ2) is 8.50. The Kier molecular flexibility index (Phi) is 5.41. The summed E-state index contributed by atoms with van der Waals surface area (Å²) in [5, 5.41) is 13.0. The van der Waals surface area contributed by atoms with Crippen molar-refractivity contribution in [1.29, 1.82) is 0 Å². The molecule has 1 saturated carbocycles. The number of phenols is 1. The molecule has 5 nitrogen and oxygen atoms in total. The average molecular weight is 414 g/mol. The molecule has 31 heavy (non-hydrogen) atoms. The van der Waals surface area contributed by atoms with Crippen molar-refractivity contribution in [2.24, 2.45) is 5.92 Å². The smallest absolute Gasteiger partial charge is 0.225 e. The van der Waals surface area contributed by atoms with Gasteiger partial charge >= 0.3 is 0 Å². The lowest BCUT2D eigenvalue weighted by atomic mass is 9.87. The van der Waals surface area contributed by atoms with Crippen LogP contribution in [0, 0.1) is 5.92 Å². The summed E-state index contributed by atoms with van der Waals surface area (Å²) in [6, 6.07) is 15.3. The quantitative estimate of drug-likeness (QED) is 0.590. The van der Waals surface area contributed by atoms with Crippen LogP contribution in [-0.2, 0) is 17.6 Å². The van der Waals surface area contributed by atoms with Crippen molar-refractivity contribution in [2.75, 3.05) is 5.32 Å². The summed E-state index contributed by atoms with van der Waals surface area (Å²) in [6.45, 7) is 0. The minimum Gasteiger partial charge on any atom is -0.508 e. The van der Waals surface area contributed by atoms with E-state index in [-0.39, 0.29) is 11.7 Å². The lowest BCUT2D eigenvalue weighted by Crippen LogP contribution is -2.20. The molecule has 0 radical (unpaired) electrons. The van der Waals surface area contributed by atoms with Gasteiger partial charge < -0.3 is 10.4 Å². The molecule has 5 rings (SSSR count). The van der Waals surface area contributed by atoms with E-state index in [1.54, 1.807) is 6.07 Å². The lowest BCUT2D eigenvalue weighted by molar-refractivity contribution is -0.117. The summed E-state index contributed by atoms with van der Waals surface area (Å²) in [4.78, 5) is 22.7. The summed E-state index contributed by atoms with van der Waals surface area (Å²) >= 11 is 0. The van der Waals surface area contributed by atoms with E-state index < -0.39 is 0 Å². The van der Waals surface area contributed by atoms with Gasteiger partial charge in [-0.15, -0.1) is 0 Å². The maximum atomic E-state index is 12.9. The van der Waals surface area contributed by atoms with Crippen LogP contribution in [-0.4, -0.2) is 21.0 Å². The number of carbonyl (C=O) groups excluding carboxylic acids is 1. The first-order valence-electron chi connectivity index (χ1n) is 11.3. The summed E-state index contributed by atoms with van der Waals surface area (Å²) in [5.41, 5.74) is 5.43. The van der Waals surface area contributed by atoms with E-state index in [1.807, 2.05) is 42.5 Å². The molecule has 3 aromatic rings. The van der Waals surface area contributed by atoms with Crippen LogP contribution in [0.4, 0.5) is 5.82 Å². The van der Waals surface area contributed by atoms with Gasteiger partial charge in [-0.05, 0) is 55.4 Å². The first-order chi connectivity index (χ1) is 15.2. The molecule has 158 valence electrons. The fourth-order valence-electron chi connectivity index (χ4n) is 4.85. The number of fused-ring (bicyclic) bond motifs is 3. The molecule has 0 aliphatic heterocycles. The largest absolute Gasteiger partial charge is 0.508 e. The molecule has 0 bridgehead atoms. The van der Waals surface area contributed by atoms with Crippen LogP contribution < -0.4 is 5.32 Å². The number of carbonyl (C=O) groups is 1. The molecule has 0 saturated heterocycles. The SMILES string of the molecule is O=C(CC1CCCCC1)Nc1nc2c(nc1-c1ccccc1)-c1ccc(O)cc1CC2. The molecule has 2 aromatic carbocycles. The summed E-state index contributed by atoms with van der Waals surface area (Å²) in [6.07, 6.45) is 8.09. The van der Waals surface area contributed by atoms with Crippen LogP contribution in [0.1, 0.15) is 49.8 Å². The molecule has 1 amide bonds. The Balaban J connectivity index is 1.52. The highest BCUT2D eigenvalue weighted by molar-refractivity contribution is 5.94. The Morgan fingerprint density at radius 2 is 1.77 bits per heavy atom. The maximum absolute atomic E-state index is 12.9. The number of phenolic OH excluding ortho intramolecular Hbond substituents is 1. The Morgan fingerprint density at radius 3 is 2.58 bits per heavy atom. The van der Waals surface area contributed by atoms with Gasteiger partial charge in [0.05, 0.1) is 11.4 Å². The minimum atomic E-state index is 0.0273. The second-order valence-electron chi connectivity index (χ2n) is 8.68. The van der Waals surface area contributed by atoms with E-state index in [0.717, 1.165) is 53.8 Å². The normalized spacial score (nSPS) is 15.7. The van der Waals surface area contributed by atoms with E-state index in [1.165, 1.54) is 19.3 Å². The van der Waals surface area contributed by atoms with Crippen molar-refractivity contribution in [1.82, 2.24) is 9.97 Å². The third-order valence-corrected chi connectivity index (χ3v) is 6.45. The summed E-state index contributed by atoms with van der Waals surface area (Å²) in [7, 11) is 0. The molecule has 0 atom stereocenters. The minimum absolute atomic E-state index is 0.0273. The van der Waals surface area contributed by atoms with Gasteiger partial charge in [0.1, 0.15) is 11.4 Å². The van der Waals surface area contributed by atoms with E-state index in [9.17, 15) is 9.90 Å². The average Bonchev–Trinajstić information content (AvgIpc) is 2.79. The van der Waals surface area contributed by atoms with Gasteiger partial charge in [-0.1, -0.05) is 49.6 Å². The number of hydrogen-bond donors (Lipinski definition) is 2. The topological polar surface area (TPSA) is 75.1 Å². The highest BCUT2D eigenvalue weighted by Gasteiger charge is 2.24. The van der Waals surface area contributed by atoms with Crippen LogP contribution in [0.2, 0.25) is 0 Å². The summed E-state index contributed by atoms with van der Waals surface area (Å²) in [5.74, 6) is 1.32. The van der Waals surface area contributed by atoms with Crippen LogP contribution in [0.15, 0.2) is 48.5 Å². The van der Waals surface area contributed by atoms with Crippen LogP contribution in [0.25, 0.3) is 22.5 Å². The first-order valence-corrected chi connectivity index (χ1v) is 11.3. The molecule has 2 aliphatic carbocycles. The molecule has 1 heterocycles. The number of benzene rings is 2. The number of hydrogen-bond acceptors (Lipinski definition) is 4. The monoisotopic (exact) mass is 413 g/mol. The zero-order chi connectivity index (χ0) is 21.2. The van der Waals surface area contributed by atoms with Crippen molar-refractivity contribution in [3.8, 4) is 28.3 Å². The zero-order valence-electron chi connectivity index (χ0n) is 17.6. The Hall–Kier alpha value is -3.21. The zero-order valence-corrected chi connectivity index (χ0v) is 17.6. The van der Waals surface area contributed by atoms with Crippen molar-refractivity contribution in [3.63, 3.8) is 0 Å². The van der Waals surface area contributed by atoms with Gasteiger partial charge in [0.2, 0.25) is 5.91 Å². The van der Waals surface area contributed by atoms with E-state index >= 15 is 0 Å². The fraction of sp³-hybridized carbons (Fsp3) is 0.346. The predicted octanol–water partition coefficient (Wildman–Crippen LogP) is 5.52. The summed E-state index contributed by atoms with van der Waals surface area (Å²) < 4.78 is 0. The lowest BCUT2D eigenvalue weighted by Gasteiger charge is -2.23. The number of nitrogens with zero attached hydrogens (tertiary/aromatic N) is 2. The van der Waals surface area contributed by atoms with Crippen LogP contribution in [0.3, 0.4) is 0 Å². The van der Waals surface area contributed by atoms with Crippen molar-refractivity contribution < 1.29 is 9.90 Å². The standard InChI is InChI=1S/C26H27N3O2/c30-20-12-13-21-19(16-20)11-14-22-25(21)29-24(18-9-5-2-6-10-18)26(27-22)28-23(31)15-17-7-3-1-4-8-17/h2,5-6,9-10,12-13,16-17,30H,1,3-4,7-8,11,14-15H2,(H,27,28,31). The molecular weight excluding hydrogens is 386 g/mol. The van der Waals surface area contributed by atoms with Gasteiger partial charge in [-0.25, -0.2) is 9.97 Å². The van der Waals surface area contributed by atoms with Crippen molar-refractivity contribution in [3.05, 3.63) is 59.8 Å². The van der Waals surface area contributed by atoms with Gasteiger partial charge in [-0.2, -0.15) is 0 Å². The highest BCUT2D eigenvalue weighted by atomic mass is 16.3. The maximum Gasteiger partial charge on any atom is 0.225 e. The van der Waals surface area contributed by atoms with Crippen molar-refractivity contribution in [2.45, 2.75) is 51.4 Å². The number of anilines is 1. The highest BCUT2D eigenvalue weighted by Crippen LogP contribution is 2.37. The number of aromatic hydroxyl groups is 1. The Labute approximate surface area is 182 Å². The molecule has 0 spiro atoms. The van der Waals surface area contributed by atoms with E-state index in [0.29, 0.717) is 23.9 Å². The second-order valence-corrected chi connectivity index (χ2v) is 8.68. The Bertz CT molecular complexity index is 1110. The molecule has 1 fully saturated rings. The number of aromatic nitrogens is 2. The molecule has 0 unspecified atom stereocenters. The van der Waals surface area contributed by atoms with Gasteiger partial charge in [0, 0.05) is 17.5 Å². The predicted molar refractivity (Wildman–Crippen MR) is 122 cm³/mol. The molecule has 5 heteroatoms. The van der Waals surface area contributed by atoms with Gasteiger partial charge in [0.15, 0.2) is 5.82 Å². The van der Waals surface area contributed by atoms with Gasteiger partial charge in [-0.3, -0.25) is 4.79 Å². The van der Waals surface area contributed by atoms with Gasteiger partial charge in [0.25, 0.3) is 0 Å². The van der Waals surface area contributed by atoms with E-state index in [2.05, 4.69) is 5.32 Å². The Morgan fingerprint density at radius 1 is 0.968 bits per heavy atom. The van der Waals surface area contributed by atoms with Crippen molar-refractivity contribution >= 4 is 11.7 Å². The third-order valence-electron chi connectivity index (χ3n) is 6.45. The number of aryl methyl sites for hydroxylation is 2. The molecule has 1 aromatic heterocycles. The molecule has 2 N–H and O–H groups in total. The number of rotatable bonds is 4. The first kappa shape index (κ1) is 19.7. The molecular formula is C26H27N3O2. The van der Waals surface area contributed by atoms with Crippen LogP contribution in [0.5, 0.6) is 5.75 Å². The molecule has 2 aliphatic rings.